The standard InChI is InChI=1S/C9H9BrO2S/c10-7-5-3-1-2-4-6(5)13-8(7)9(11)12/h1-4H2,(H,11,12). The van der Waals surface area contributed by atoms with Gasteiger partial charge in [0, 0.05) is 9.35 Å². The Morgan fingerprint density at radius 1 is 1.38 bits per heavy atom. The third kappa shape index (κ3) is 1.53. The number of halogens is 1. The average Bonchev–Trinajstić information content (AvgIpc) is 2.45. The van der Waals surface area contributed by atoms with E-state index in [2.05, 4.69) is 15.9 Å². The summed E-state index contributed by atoms with van der Waals surface area (Å²) in [6.45, 7) is 0. The molecule has 0 unspecified atom stereocenters. The molecule has 0 bridgehead atoms. The molecule has 0 aromatic carbocycles. The Morgan fingerprint density at radius 2 is 2.08 bits per heavy atom. The number of hydrogen-bond donors (Lipinski definition) is 1. The Hall–Kier alpha value is -0.350. The summed E-state index contributed by atoms with van der Waals surface area (Å²) in [5, 5.41) is 8.90. The summed E-state index contributed by atoms with van der Waals surface area (Å²) in [5.41, 5.74) is 1.23. The van der Waals surface area contributed by atoms with E-state index in [1.54, 1.807) is 0 Å². The Kier molecular flexibility index (Phi) is 2.43. The van der Waals surface area contributed by atoms with Crippen LogP contribution in [0.2, 0.25) is 0 Å². The molecule has 0 atom stereocenters. The minimum Gasteiger partial charge on any atom is -0.477 e. The van der Waals surface area contributed by atoms with Crippen molar-refractivity contribution < 1.29 is 9.90 Å². The zero-order valence-electron chi connectivity index (χ0n) is 6.97. The molecule has 0 amide bonds. The van der Waals surface area contributed by atoms with Crippen LogP contribution in [0.4, 0.5) is 0 Å². The van der Waals surface area contributed by atoms with E-state index < -0.39 is 5.97 Å². The molecule has 1 aromatic heterocycles. The maximum absolute atomic E-state index is 10.8. The fourth-order valence-electron chi connectivity index (χ4n) is 1.67. The minimum atomic E-state index is -0.814. The van der Waals surface area contributed by atoms with Crippen molar-refractivity contribution in [1.82, 2.24) is 0 Å². The van der Waals surface area contributed by atoms with E-state index in [9.17, 15) is 4.79 Å². The molecule has 13 heavy (non-hydrogen) atoms. The van der Waals surface area contributed by atoms with Crippen LogP contribution >= 0.6 is 27.3 Å². The molecule has 0 aliphatic heterocycles. The lowest BCUT2D eigenvalue weighted by molar-refractivity contribution is 0.0701. The van der Waals surface area contributed by atoms with E-state index >= 15 is 0 Å². The van der Waals surface area contributed by atoms with Crippen LogP contribution in [0.5, 0.6) is 0 Å². The molecule has 2 rings (SSSR count). The summed E-state index contributed by atoms with van der Waals surface area (Å²) < 4.78 is 0.819. The minimum absolute atomic E-state index is 0.465. The molecule has 70 valence electrons. The summed E-state index contributed by atoms with van der Waals surface area (Å²) in [6.07, 6.45) is 4.45. The summed E-state index contributed by atoms with van der Waals surface area (Å²) in [4.78, 5) is 12.5. The van der Waals surface area contributed by atoms with Crippen molar-refractivity contribution in [2.45, 2.75) is 25.7 Å². The smallest absolute Gasteiger partial charge is 0.347 e. The average molecular weight is 261 g/mol. The van der Waals surface area contributed by atoms with Crippen molar-refractivity contribution in [3.8, 4) is 0 Å². The number of carbonyl (C=O) groups is 1. The van der Waals surface area contributed by atoms with Crippen molar-refractivity contribution in [2.75, 3.05) is 0 Å². The molecular weight excluding hydrogens is 252 g/mol. The maximum Gasteiger partial charge on any atom is 0.347 e. The van der Waals surface area contributed by atoms with Crippen LogP contribution in [-0.4, -0.2) is 11.1 Å². The molecule has 0 saturated heterocycles. The topological polar surface area (TPSA) is 37.3 Å². The second-order valence-electron chi connectivity index (χ2n) is 3.16. The lowest BCUT2D eigenvalue weighted by Gasteiger charge is -2.09. The van der Waals surface area contributed by atoms with Gasteiger partial charge in [0.05, 0.1) is 0 Å². The number of hydrogen-bond acceptors (Lipinski definition) is 2. The van der Waals surface area contributed by atoms with Crippen molar-refractivity contribution in [3.63, 3.8) is 0 Å². The quantitative estimate of drug-likeness (QED) is 0.843. The van der Waals surface area contributed by atoms with Gasteiger partial charge in [-0.2, -0.15) is 0 Å². The Labute approximate surface area is 88.7 Å². The first-order chi connectivity index (χ1) is 6.20. The number of carboxylic acids is 1. The van der Waals surface area contributed by atoms with Gasteiger partial charge in [-0.1, -0.05) is 0 Å². The molecule has 1 aromatic rings. The van der Waals surface area contributed by atoms with Gasteiger partial charge in [-0.15, -0.1) is 11.3 Å². The van der Waals surface area contributed by atoms with Crippen molar-refractivity contribution in [2.24, 2.45) is 0 Å². The van der Waals surface area contributed by atoms with Crippen LogP contribution in [-0.2, 0) is 12.8 Å². The molecule has 4 heteroatoms. The second-order valence-corrected chi connectivity index (χ2v) is 5.06. The van der Waals surface area contributed by atoms with E-state index in [-0.39, 0.29) is 0 Å². The van der Waals surface area contributed by atoms with E-state index in [0.717, 1.165) is 17.3 Å². The first-order valence-electron chi connectivity index (χ1n) is 4.23. The summed E-state index contributed by atoms with van der Waals surface area (Å²) in [6, 6.07) is 0. The summed E-state index contributed by atoms with van der Waals surface area (Å²) >= 11 is 4.79. The van der Waals surface area contributed by atoms with E-state index in [0.29, 0.717) is 4.88 Å². The van der Waals surface area contributed by atoms with Gasteiger partial charge in [-0.25, -0.2) is 4.79 Å². The predicted molar refractivity (Wildman–Crippen MR) is 55.6 cm³/mol. The van der Waals surface area contributed by atoms with Gasteiger partial charge in [0.2, 0.25) is 0 Å². The van der Waals surface area contributed by atoms with E-state index in [4.69, 9.17) is 5.11 Å². The van der Waals surface area contributed by atoms with Gasteiger partial charge in [-0.3, -0.25) is 0 Å². The largest absolute Gasteiger partial charge is 0.477 e. The molecule has 0 saturated carbocycles. The number of carboxylic acid groups (broad SMARTS) is 1. The Bertz CT molecular complexity index is 357. The van der Waals surface area contributed by atoms with Crippen molar-refractivity contribution >= 4 is 33.2 Å². The van der Waals surface area contributed by atoms with E-state index in [1.165, 1.54) is 34.6 Å². The van der Waals surface area contributed by atoms with Gasteiger partial charge < -0.3 is 5.11 Å². The number of rotatable bonds is 1. The van der Waals surface area contributed by atoms with Crippen LogP contribution < -0.4 is 0 Å². The van der Waals surface area contributed by atoms with Crippen LogP contribution in [0.25, 0.3) is 0 Å². The van der Waals surface area contributed by atoms with Gasteiger partial charge in [-0.05, 0) is 47.2 Å². The Balaban J connectivity index is 2.50. The highest BCUT2D eigenvalue weighted by Crippen LogP contribution is 2.37. The molecule has 0 spiro atoms. The fourth-order valence-corrected chi connectivity index (χ4v) is 3.77. The van der Waals surface area contributed by atoms with Gasteiger partial charge in [0.25, 0.3) is 0 Å². The molecule has 1 N–H and O–H groups in total. The number of aryl methyl sites for hydroxylation is 1. The van der Waals surface area contributed by atoms with Crippen LogP contribution in [0.15, 0.2) is 4.47 Å². The predicted octanol–water partition coefficient (Wildman–Crippen LogP) is 3.09. The molecule has 1 aliphatic carbocycles. The highest BCUT2D eigenvalue weighted by molar-refractivity contribution is 9.10. The van der Waals surface area contributed by atoms with Crippen LogP contribution in [0, 0.1) is 0 Å². The highest BCUT2D eigenvalue weighted by atomic mass is 79.9. The third-order valence-corrected chi connectivity index (χ3v) is 4.72. The lowest BCUT2D eigenvalue weighted by atomic mass is 9.99. The molecule has 1 heterocycles. The molecule has 0 fully saturated rings. The van der Waals surface area contributed by atoms with Crippen LogP contribution in [0.3, 0.4) is 0 Å². The summed E-state index contributed by atoms with van der Waals surface area (Å²) in [7, 11) is 0. The first-order valence-corrected chi connectivity index (χ1v) is 5.84. The third-order valence-electron chi connectivity index (χ3n) is 2.30. The first kappa shape index (κ1) is 9.21. The van der Waals surface area contributed by atoms with Gasteiger partial charge in [0.15, 0.2) is 0 Å². The monoisotopic (exact) mass is 260 g/mol. The lowest BCUT2D eigenvalue weighted by Crippen LogP contribution is -1.98. The van der Waals surface area contributed by atoms with Gasteiger partial charge >= 0.3 is 5.97 Å². The Morgan fingerprint density at radius 3 is 2.69 bits per heavy atom. The molecule has 2 nitrogen and oxygen atoms in total. The second kappa shape index (κ2) is 3.42. The molecule has 1 aliphatic rings. The number of fused-ring (bicyclic) bond motifs is 1. The normalized spacial score (nSPS) is 15.5. The zero-order chi connectivity index (χ0) is 9.42. The highest BCUT2D eigenvalue weighted by Gasteiger charge is 2.22. The van der Waals surface area contributed by atoms with Crippen LogP contribution in [0.1, 0.15) is 33.0 Å². The number of aromatic carboxylic acids is 1. The SMILES string of the molecule is O=C(O)c1sc2c(c1Br)CCCC2. The van der Waals surface area contributed by atoms with Crippen molar-refractivity contribution in [1.29, 1.82) is 0 Å². The molecule has 0 radical (unpaired) electrons. The summed E-state index contributed by atoms with van der Waals surface area (Å²) in [5.74, 6) is -0.814. The van der Waals surface area contributed by atoms with E-state index in [1.807, 2.05) is 0 Å². The fraction of sp³-hybridized carbons (Fsp3) is 0.444. The number of thiophene rings is 1. The van der Waals surface area contributed by atoms with Crippen molar-refractivity contribution in [3.05, 3.63) is 19.8 Å². The zero-order valence-corrected chi connectivity index (χ0v) is 9.37. The maximum atomic E-state index is 10.8. The molecular formula is C9H9BrO2S. The van der Waals surface area contributed by atoms with Gasteiger partial charge in [0.1, 0.15) is 4.88 Å².